The molecule has 0 aliphatic carbocycles. The van der Waals surface area contributed by atoms with Gasteiger partial charge in [-0.2, -0.15) is 11.8 Å². The molecule has 12 heavy (non-hydrogen) atoms. The van der Waals surface area contributed by atoms with Crippen molar-refractivity contribution in [3.8, 4) is 0 Å². The molecule has 1 heterocycles. The Labute approximate surface area is 83.9 Å². The smallest absolute Gasteiger partial charge is 0.0740 e. The lowest BCUT2D eigenvalue weighted by molar-refractivity contribution is 0.304. The molecule has 0 aromatic carbocycles. The van der Waals surface area contributed by atoms with Gasteiger partial charge in [-0.1, -0.05) is 12.2 Å². The second-order valence-corrected chi connectivity index (χ2v) is 4.77. The van der Waals surface area contributed by atoms with E-state index in [1.807, 2.05) is 11.8 Å². The van der Waals surface area contributed by atoms with Gasteiger partial charge in [-0.15, -0.1) is 0 Å². The Morgan fingerprint density at radius 1 is 1.42 bits per heavy atom. The third-order valence-electron chi connectivity index (χ3n) is 1.99. The number of hydrogen-bond acceptors (Lipinski definition) is 3. The van der Waals surface area contributed by atoms with Gasteiger partial charge in [0.2, 0.25) is 0 Å². The highest BCUT2D eigenvalue weighted by Gasteiger charge is 2.08. The lowest BCUT2D eigenvalue weighted by Gasteiger charge is -2.18. The van der Waals surface area contributed by atoms with E-state index in [1.165, 1.54) is 31.0 Å². The molecule has 0 spiro atoms. The van der Waals surface area contributed by atoms with Crippen LogP contribution in [0.5, 0.6) is 0 Å². The van der Waals surface area contributed by atoms with Crippen LogP contribution in [-0.4, -0.2) is 41.0 Å². The molecule has 0 amide bonds. The van der Waals surface area contributed by atoms with Gasteiger partial charge >= 0.3 is 0 Å². The van der Waals surface area contributed by atoms with Crippen molar-refractivity contribution < 1.29 is 0 Å². The molecule has 1 aliphatic rings. The van der Waals surface area contributed by atoms with Gasteiger partial charge in [0.15, 0.2) is 0 Å². The number of nitrogens with two attached hydrogens (primary N) is 1. The Hall–Kier alpha value is 0.200. The summed E-state index contributed by atoms with van der Waals surface area (Å²) < 4.78 is 0. The van der Waals surface area contributed by atoms with E-state index < -0.39 is 0 Å². The molecule has 2 nitrogen and oxygen atoms in total. The minimum atomic E-state index is 0.645. The third-order valence-corrected chi connectivity index (χ3v) is 3.24. The molecule has 1 saturated heterocycles. The van der Waals surface area contributed by atoms with Gasteiger partial charge in [0.25, 0.3) is 0 Å². The molecule has 1 aliphatic heterocycles. The topological polar surface area (TPSA) is 29.3 Å². The van der Waals surface area contributed by atoms with Crippen molar-refractivity contribution in [2.45, 2.75) is 12.8 Å². The Balaban J connectivity index is 2.16. The summed E-state index contributed by atoms with van der Waals surface area (Å²) in [6, 6.07) is 0. The Morgan fingerprint density at radius 3 is 3.00 bits per heavy atom. The fourth-order valence-corrected chi connectivity index (χ4v) is 2.31. The van der Waals surface area contributed by atoms with Crippen LogP contribution >= 0.6 is 24.0 Å². The SMILES string of the molecule is NC(=S)CCN1CCCSCC1. The van der Waals surface area contributed by atoms with E-state index in [4.69, 9.17) is 18.0 Å². The summed E-state index contributed by atoms with van der Waals surface area (Å²) in [5.41, 5.74) is 5.45. The molecule has 1 fully saturated rings. The van der Waals surface area contributed by atoms with Crippen molar-refractivity contribution in [2.75, 3.05) is 31.1 Å². The number of hydrogen-bond donors (Lipinski definition) is 1. The van der Waals surface area contributed by atoms with Gasteiger partial charge in [-0.3, -0.25) is 0 Å². The van der Waals surface area contributed by atoms with E-state index in [0.717, 1.165) is 13.0 Å². The molecule has 0 bridgehead atoms. The number of nitrogens with zero attached hydrogens (tertiary/aromatic N) is 1. The van der Waals surface area contributed by atoms with Crippen molar-refractivity contribution in [3.63, 3.8) is 0 Å². The zero-order valence-corrected chi connectivity index (χ0v) is 8.92. The van der Waals surface area contributed by atoms with E-state index in [-0.39, 0.29) is 0 Å². The van der Waals surface area contributed by atoms with E-state index >= 15 is 0 Å². The van der Waals surface area contributed by atoms with E-state index in [0.29, 0.717) is 4.99 Å². The average molecular weight is 204 g/mol. The van der Waals surface area contributed by atoms with Gasteiger partial charge in [0.05, 0.1) is 4.99 Å². The molecule has 70 valence electrons. The average Bonchev–Trinajstić information content (AvgIpc) is 2.28. The quantitative estimate of drug-likeness (QED) is 0.697. The summed E-state index contributed by atoms with van der Waals surface area (Å²) in [5, 5.41) is 0. The number of rotatable bonds is 3. The Bertz CT molecular complexity index is 142. The van der Waals surface area contributed by atoms with Gasteiger partial charge in [0, 0.05) is 25.3 Å². The third kappa shape index (κ3) is 4.28. The lowest BCUT2D eigenvalue weighted by atomic mass is 10.3. The van der Waals surface area contributed by atoms with Crippen molar-refractivity contribution in [1.82, 2.24) is 4.90 Å². The summed E-state index contributed by atoms with van der Waals surface area (Å²) in [7, 11) is 0. The Morgan fingerprint density at radius 2 is 2.25 bits per heavy atom. The fraction of sp³-hybridized carbons (Fsp3) is 0.875. The highest BCUT2D eigenvalue weighted by molar-refractivity contribution is 7.99. The van der Waals surface area contributed by atoms with Crippen LogP contribution < -0.4 is 5.73 Å². The molecule has 0 aromatic rings. The molecule has 4 heteroatoms. The molecule has 0 atom stereocenters. The van der Waals surface area contributed by atoms with Crippen LogP contribution in [0, 0.1) is 0 Å². The van der Waals surface area contributed by atoms with Crippen LogP contribution in [0.3, 0.4) is 0 Å². The fourth-order valence-electron chi connectivity index (χ4n) is 1.29. The highest BCUT2D eigenvalue weighted by Crippen LogP contribution is 2.09. The van der Waals surface area contributed by atoms with E-state index in [2.05, 4.69) is 4.90 Å². The summed E-state index contributed by atoms with van der Waals surface area (Å²) >= 11 is 6.89. The summed E-state index contributed by atoms with van der Waals surface area (Å²) in [4.78, 5) is 3.10. The normalized spacial score (nSPS) is 20.3. The van der Waals surface area contributed by atoms with Crippen molar-refractivity contribution in [3.05, 3.63) is 0 Å². The van der Waals surface area contributed by atoms with Gasteiger partial charge < -0.3 is 10.6 Å². The zero-order valence-electron chi connectivity index (χ0n) is 7.29. The van der Waals surface area contributed by atoms with Crippen LogP contribution in [0.2, 0.25) is 0 Å². The molecule has 1 rings (SSSR count). The molecule has 0 unspecified atom stereocenters. The first-order valence-corrected chi connectivity index (χ1v) is 5.94. The molecule has 0 aromatic heterocycles. The first-order chi connectivity index (χ1) is 5.79. The van der Waals surface area contributed by atoms with Crippen LogP contribution in [0.4, 0.5) is 0 Å². The van der Waals surface area contributed by atoms with Gasteiger partial charge in [-0.25, -0.2) is 0 Å². The highest BCUT2D eigenvalue weighted by atomic mass is 32.2. The maximum Gasteiger partial charge on any atom is 0.0740 e. The number of thiocarbonyl (C=S) groups is 1. The molecular weight excluding hydrogens is 188 g/mol. The monoisotopic (exact) mass is 204 g/mol. The molecule has 2 N–H and O–H groups in total. The van der Waals surface area contributed by atoms with Crippen LogP contribution in [0.25, 0.3) is 0 Å². The van der Waals surface area contributed by atoms with E-state index in [1.54, 1.807) is 0 Å². The van der Waals surface area contributed by atoms with Crippen LogP contribution in [0.15, 0.2) is 0 Å². The van der Waals surface area contributed by atoms with Crippen molar-refractivity contribution >= 4 is 29.0 Å². The maximum absolute atomic E-state index is 5.45. The van der Waals surface area contributed by atoms with Gasteiger partial charge in [-0.05, 0) is 18.7 Å². The summed E-state index contributed by atoms with van der Waals surface area (Å²) in [5.74, 6) is 2.57. The standard InChI is InChI=1S/C8H16N2S2/c9-8(11)2-4-10-3-1-6-12-7-5-10/h1-7H2,(H2,9,11). The zero-order chi connectivity index (χ0) is 8.81. The molecule has 0 saturated carbocycles. The second kappa shape index (κ2) is 5.78. The largest absolute Gasteiger partial charge is 0.393 e. The van der Waals surface area contributed by atoms with Crippen molar-refractivity contribution in [2.24, 2.45) is 5.73 Å². The first kappa shape index (κ1) is 10.3. The minimum Gasteiger partial charge on any atom is -0.393 e. The van der Waals surface area contributed by atoms with E-state index in [9.17, 15) is 0 Å². The predicted molar refractivity (Wildman–Crippen MR) is 59.8 cm³/mol. The first-order valence-electron chi connectivity index (χ1n) is 4.37. The number of thioether (sulfide) groups is 1. The van der Waals surface area contributed by atoms with Crippen LogP contribution in [0.1, 0.15) is 12.8 Å². The lowest BCUT2D eigenvalue weighted by Crippen LogP contribution is -2.29. The molecule has 0 radical (unpaired) electrons. The molecular formula is C8H16N2S2. The summed E-state index contributed by atoms with van der Waals surface area (Å²) in [6.07, 6.45) is 2.18. The minimum absolute atomic E-state index is 0.645. The second-order valence-electron chi connectivity index (χ2n) is 3.02. The maximum atomic E-state index is 5.45. The Kier molecular flexibility index (Phi) is 4.95. The predicted octanol–water partition coefficient (Wildman–Crippen LogP) is 1.10. The van der Waals surface area contributed by atoms with Crippen molar-refractivity contribution in [1.29, 1.82) is 0 Å². The van der Waals surface area contributed by atoms with Gasteiger partial charge in [0.1, 0.15) is 0 Å². The van der Waals surface area contributed by atoms with Crippen LogP contribution in [-0.2, 0) is 0 Å². The summed E-state index contributed by atoms with van der Waals surface area (Å²) in [6.45, 7) is 3.47.